The number of nitrogens with zero attached hydrogens (tertiary/aromatic N) is 2. The van der Waals surface area contributed by atoms with Crippen molar-refractivity contribution < 1.29 is 18.4 Å². The molecule has 4 aliphatic heterocycles. The number of hydrogen-bond acceptors (Lipinski definition) is 8. The van der Waals surface area contributed by atoms with Crippen LogP contribution in [0.1, 0.15) is 41.3 Å². The lowest BCUT2D eigenvalue weighted by atomic mass is 9.72. The summed E-state index contributed by atoms with van der Waals surface area (Å²) in [5.74, 6) is 4.53. The molecule has 5 atom stereocenters. The third-order valence-corrected chi connectivity index (χ3v) is 10.3. The number of likely N-dealkylation sites (N-methyl/N-ethyl adjacent to an activating group) is 1. The summed E-state index contributed by atoms with van der Waals surface area (Å²) >= 11 is 0. The number of carbonyl (C=O) groups excluding carboxylic acids is 1. The Morgan fingerprint density at radius 3 is 2.81 bits per heavy atom. The molecule has 47 heavy (non-hydrogen) atoms. The van der Waals surface area contributed by atoms with Crippen LogP contribution in [0, 0.1) is 18.3 Å². The Bertz CT molecular complexity index is 2360. The van der Waals surface area contributed by atoms with Gasteiger partial charge in [0.25, 0.3) is 0 Å². The van der Waals surface area contributed by atoms with Gasteiger partial charge in [-0.15, -0.1) is 12.3 Å². The summed E-state index contributed by atoms with van der Waals surface area (Å²) in [7, 11) is 1.78. The van der Waals surface area contributed by atoms with Crippen LogP contribution >= 0.6 is 0 Å². The average Bonchev–Trinajstić information content (AvgIpc) is 3.91. The summed E-state index contributed by atoms with van der Waals surface area (Å²) in [4.78, 5) is 27.0. The fraction of sp³-hybridized carbons (Fsp3) is 0.216. The Hall–Kier alpha value is -5.79. The van der Waals surface area contributed by atoms with Gasteiger partial charge >= 0.3 is 0 Å². The number of ether oxygens (including phenoxy) is 1. The van der Waals surface area contributed by atoms with E-state index in [0.29, 0.717) is 29.5 Å². The van der Waals surface area contributed by atoms with Crippen LogP contribution in [0.2, 0.25) is 0 Å². The van der Waals surface area contributed by atoms with Crippen LogP contribution in [0.3, 0.4) is 0 Å². The largest absolute Gasteiger partial charge is 0.469 e. The van der Waals surface area contributed by atoms with Crippen molar-refractivity contribution in [2.45, 2.75) is 37.1 Å². The van der Waals surface area contributed by atoms with E-state index in [1.165, 1.54) is 0 Å². The van der Waals surface area contributed by atoms with Crippen molar-refractivity contribution in [1.29, 1.82) is 0 Å². The number of fused-ring (bicyclic) bond motifs is 7. The Balaban J connectivity index is 1.37. The van der Waals surface area contributed by atoms with Crippen LogP contribution in [0.15, 0.2) is 75.8 Å². The third-order valence-electron chi connectivity index (χ3n) is 10.3. The number of anilines is 1. The summed E-state index contributed by atoms with van der Waals surface area (Å²) in [5.41, 5.74) is 7.17. The van der Waals surface area contributed by atoms with Gasteiger partial charge in [-0.3, -0.25) is 4.79 Å². The van der Waals surface area contributed by atoms with Crippen LogP contribution < -0.4 is 20.7 Å². The number of aromatic amines is 1. The second kappa shape index (κ2) is 9.15. The zero-order valence-corrected chi connectivity index (χ0v) is 25.5. The molecule has 10 bridgehead atoms. The van der Waals surface area contributed by atoms with E-state index in [-0.39, 0.29) is 11.8 Å². The van der Waals surface area contributed by atoms with Crippen molar-refractivity contribution in [3.63, 3.8) is 0 Å². The molecule has 230 valence electrons. The molecule has 0 fully saturated rings. The lowest BCUT2D eigenvalue weighted by Crippen LogP contribution is -2.46. The van der Waals surface area contributed by atoms with Gasteiger partial charge in [0.05, 0.1) is 12.2 Å². The molecule has 3 aromatic heterocycles. The molecule has 0 radical (unpaired) electrons. The second-order valence-corrected chi connectivity index (χ2v) is 12.7. The number of rotatable bonds is 2. The summed E-state index contributed by atoms with van der Waals surface area (Å²) in [6.45, 7) is 1.87. The normalized spacial score (nSPS) is 23.4. The maximum atomic E-state index is 13.7. The van der Waals surface area contributed by atoms with Gasteiger partial charge < -0.3 is 34.5 Å². The Morgan fingerprint density at radius 1 is 1.06 bits per heavy atom. The molecule has 10 nitrogen and oxygen atoms in total. The summed E-state index contributed by atoms with van der Waals surface area (Å²) in [5, 5.41) is 11.1. The maximum Gasteiger partial charge on any atom is 0.249 e. The molecule has 4 aliphatic rings. The van der Waals surface area contributed by atoms with Crippen LogP contribution in [-0.4, -0.2) is 40.2 Å². The quantitative estimate of drug-likeness (QED) is 0.187. The van der Waals surface area contributed by atoms with Crippen LogP contribution in [0.25, 0.3) is 44.9 Å². The molecule has 1 amide bonds. The molecule has 0 aliphatic carbocycles. The number of oxazole rings is 2. The molecule has 7 heterocycles. The van der Waals surface area contributed by atoms with E-state index in [4.69, 9.17) is 30.0 Å². The van der Waals surface area contributed by atoms with Crippen molar-refractivity contribution in [2.75, 3.05) is 12.4 Å². The topological polar surface area (TPSA) is 130 Å². The molecular formula is C37H28N6O4. The molecule has 1 spiro atoms. The molecule has 6 aromatic rings. The first kappa shape index (κ1) is 26.4. The van der Waals surface area contributed by atoms with Crippen LogP contribution in [-0.2, 0) is 16.6 Å². The van der Waals surface area contributed by atoms with Gasteiger partial charge in [-0.25, -0.2) is 9.97 Å². The molecule has 3 aromatic carbocycles. The zero-order valence-electron chi connectivity index (χ0n) is 25.5. The van der Waals surface area contributed by atoms with Gasteiger partial charge in [0.2, 0.25) is 17.7 Å². The number of terminal acetylenes is 1. The van der Waals surface area contributed by atoms with Crippen LogP contribution in [0.5, 0.6) is 5.75 Å². The average molecular weight is 621 g/mol. The Labute approximate surface area is 268 Å². The van der Waals surface area contributed by atoms with E-state index in [1.807, 2.05) is 25.3 Å². The van der Waals surface area contributed by atoms with Crippen molar-refractivity contribution in [2.24, 2.45) is 5.92 Å². The predicted molar refractivity (Wildman–Crippen MR) is 175 cm³/mol. The van der Waals surface area contributed by atoms with Gasteiger partial charge in [-0.05, 0) is 43.7 Å². The lowest BCUT2D eigenvalue weighted by molar-refractivity contribution is -0.124. The minimum atomic E-state index is -0.984. The Morgan fingerprint density at radius 2 is 1.94 bits per heavy atom. The van der Waals surface area contributed by atoms with Gasteiger partial charge in [0, 0.05) is 51.0 Å². The Kier molecular flexibility index (Phi) is 5.14. The van der Waals surface area contributed by atoms with E-state index in [0.717, 1.165) is 55.7 Å². The fourth-order valence-corrected chi connectivity index (χ4v) is 7.96. The summed E-state index contributed by atoms with van der Waals surface area (Å²) in [6.07, 6.45) is 9.52. The third kappa shape index (κ3) is 3.31. The highest BCUT2D eigenvalue weighted by molar-refractivity contribution is 6.07. The standard InChI is InChI=1S/C37H28N6O4/c1-4-17(2)29-35-42-31-32(47-35)37-22-9-5-8-20(19-7-6-10-24-28(19)21(15-39-24)27-16-40-34(31)45-27)30(22)43-36(37)46-26-12-11-18(13-23(26)37)14-25(38-3)33(44)41-29/h1,5-13,15-17,25,29,36,38-39,43H,14H2,2-3H3,(H,41,44). The van der Waals surface area contributed by atoms with Gasteiger partial charge in [-0.2, -0.15) is 0 Å². The van der Waals surface area contributed by atoms with E-state index in [1.54, 1.807) is 13.2 Å². The first-order valence-electron chi connectivity index (χ1n) is 15.7. The minimum Gasteiger partial charge on any atom is -0.469 e. The zero-order chi connectivity index (χ0) is 31.6. The first-order valence-corrected chi connectivity index (χ1v) is 15.7. The SMILES string of the molecule is C#CC(C)C1NC(=O)C(NC)Cc2ccc3c(c2)C24c5cccc(c5NC2O3)-c2cccc3[nH]cc(c23)-c2cnc(o2)-c2nc1oc24. The number of aromatic nitrogens is 3. The molecule has 10 heteroatoms. The predicted octanol–water partition coefficient (Wildman–Crippen LogP) is 5.51. The van der Waals surface area contributed by atoms with Crippen molar-refractivity contribution in [3.8, 4) is 52.1 Å². The second-order valence-electron chi connectivity index (χ2n) is 12.7. The number of H-pyrrole nitrogens is 1. The van der Waals surface area contributed by atoms with Crippen molar-refractivity contribution in [1.82, 2.24) is 25.6 Å². The number of amides is 1. The molecule has 4 N–H and O–H groups in total. The molecular weight excluding hydrogens is 592 g/mol. The number of nitrogens with one attached hydrogen (secondary N) is 4. The molecule has 10 rings (SSSR count). The minimum absolute atomic E-state index is 0.207. The van der Waals surface area contributed by atoms with Crippen molar-refractivity contribution >= 4 is 22.5 Å². The molecule has 5 unspecified atom stereocenters. The van der Waals surface area contributed by atoms with Gasteiger partial charge in [0.1, 0.15) is 17.2 Å². The van der Waals surface area contributed by atoms with Crippen molar-refractivity contribution in [3.05, 3.63) is 95.3 Å². The van der Waals surface area contributed by atoms with Crippen LogP contribution in [0.4, 0.5) is 5.69 Å². The highest BCUT2D eigenvalue weighted by Crippen LogP contribution is 2.61. The lowest BCUT2D eigenvalue weighted by Gasteiger charge is -2.28. The fourth-order valence-electron chi connectivity index (χ4n) is 7.96. The molecule has 0 saturated carbocycles. The summed E-state index contributed by atoms with van der Waals surface area (Å²) in [6, 6.07) is 17.4. The highest BCUT2D eigenvalue weighted by atomic mass is 16.5. The number of para-hydroxylation sites is 1. The van der Waals surface area contributed by atoms with E-state index < -0.39 is 29.6 Å². The number of benzene rings is 3. The number of carbonyl (C=O) groups is 1. The van der Waals surface area contributed by atoms with Gasteiger partial charge in [-0.1, -0.05) is 42.5 Å². The maximum absolute atomic E-state index is 13.7. The first-order chi connectivity index (χ1) is 23.0. The summed E-state index contributed by atoms with van der Waals surface area (Å²) < 4.78 is 20.3. The highest BCUT2D eigenvalue weighted by Gasteiger charge is 2.61. The van der Waals surface area contributed by atoms with E-state index >= 15 is 0 Å². The number of hydrogen-bond donors (Lipinski definition) is 4. The van der Waals surface area contributed by atoms with E-state index in [2.05, 4.69) is 69.3 Å². The smallest absolute Gasteiger partial charge is 0.249 e. The van der Waals surface area contributed by atoms with Gasteiger partial charge in [0.15, 0.2) is 23.4 Å². The monoisotopic (exact) mass is 620 g/mol. The molecule has 0 saturated heterocycles. The van der Waals surface area contributed by atoms with E-state index in [9.17, 15) is 4.79 Å².